The second-order valence-corrected chi connectivity index (χ2v) is 3.81. The average molecular weight is 235 g/mol. The lowest BCUT2D eigenvalue weighted by molar-refractivity contribution is -0.143. The number of hydrogen-bond acceptors (Lipinski definition) is 4. The molecule has 5 nitrogen and oxygen atoms in total. The molecule has 0 amide bonds. The number of pyridine rings is 1. The van der Waals surface area contributed by atoms with Crippen LogP contribution in [0.3, 0.4) is 0 Å². The van der Waals surface area contributed by atoms with Crippen LogP contribution in [0.25, 0.3) is 0 Å². The van der Waals surface area contributed by atoms with Gasteiger partial charge >= 0.3 is 5.97 Å². The summed E-state index contributed by atoms with van der Waals surface area (Å²) < 4.78 is 0. The Morgan fingerprint density at radius 3 is 2.53 bits per heavy atom. The van der Waals surface area contributed by atoms with E-state index in [4.69, 9.17) is 5.11 Å². The number of carbonyl (C=O) groups excluding carboxylic acids is 2. The maximum absolute atomic E-state index is 11.7. The van der Waals surface area contributed by atoms with Crippen molar-refractivity contribution in [2.75, 3.05) is 0 Å². The van der Waals surface area contributed by atoms with E-state index < -0.39 is 11.9 Å². The Labute approximate surface area is 98.5 Å². The van der Waals surface area contributed by atoms with Crippen LogP contribution < -0.4 is 0 Å². The molecule has 0 bridgehead atoms. The summed E-state index contributed by atoms with van der Waals surface area (Å²) in [5.41, 5.74) is 0.363. The second kappa shape index (κ2) is 5.89. The van der Waals surface area contributed by atoms with Gasteiger partial charge in [0.15, 0.2) is 5.78 Å². The maximum atomic E-state index is 11.7. The highest BCUT2D eigenvalue weighted by Crippen LogP contribution is 2.14. The molecule has 90 valence electrons. The lowest BCUT2D eigenvalue weighted by Gasteiger charge is -2.09. The summed E-state index contributed by atoms with van der Waals surface area (Å²) in [4.78, 5) is 37.3. The fourth-order valence-corrected chi connectivity index (χ4v) is 1.46. The molecule has 0 aliphatic heterocycles. The number of ketones is 2. The Morgan fingerprint density at radius 1 is 1.35 bits per heavy atom. The SMILES string of the molecule is CC(=O)CC(CC(=O)c1cccnc1)C(=O)O. The van der Waals surface area contributed by atoms with Crippen molar-refractivity contribution in [2.24, 2.45) is 5.92 Å². The number of carbonyl (C=O) groups is 3. The van der Waals surface area contributed by atoms with Crippen LogP contribution in [-0.4, -0.2) is 27.6 Å². The summed E-state index contributed by atoms with van der Waals surface area (Å²) in [5.74, 6) is -2.64. The van der Waals surface area contributed by atoms with Crippen molar-refractivity contribution in [3.05, 3.63) is 30.1 Å². The summed E-state index contributed by atoms with van der Waals surface area (Å²) in [6.45, 7) is 1.31. The minimum absolute atomic E-state index is 0.124. The highest BCUT2D eigenvalue weighted by molar-refractivity contribution is 5.98. The monoisotopic (exact) mass is 235 g/mol. The topological polar surface area (TPSA) is 84.3 Å². The molecule has 0 saturated carbocycles. The van der Waals surface area contributed by atoms with E-state index in [1.165, 1.54) is 19.3 Å². The highest BCUT2D eigenvalue weighted by atomic mass is 16.4. The van der Waals surface area contributed by atoms with Gasteiger partial charge in [-0.25, -0.2) is 0 Å². The maximum Gasteiger partial charge on any atom is 0.307 e. The van der Waals surface area contributed by atoms with E-state index in [1.807, 2.05) is 0 Å². The average Bonchev–Trinajstić information content (AvgIpc) is 2.28. The van der Waals surface area contributed by atoms with E-state index >= 15 is 0 Å². The minimum atomic E-state index is -1.13. The van der Waals surface area contributed by atoms with Crippen LogP contribution in [-0.2, 0) is 9.59 Å². The first kappa shape index (κ1) is 13.0. The normalized spacial score (nSPS) is 11.8. The van der Waals surface area contributed by atoms with Crippen LogP contribution in [0.2, 0.25) is 0 Å². The van der Waals surface area contributed by atoms with Gasteiger partial charge in [-0.05, 0) is 19.1 Å². The largest absolute Gasteiger partial charge is 0.481 e. The van der Waals surface area contributed by atoms with Crippen LogP contribution >= 0.6 is 0 Å². The molecule has 1 unspecified atom stereocenters. The molecule has 0 fully saturated rings. The molecule has 0 aliphatic carbocycles. The number of Topliss-reactive ketones (excluding diaryl/α,β-unsaturated/α-hetero) is 2. The quantitative estimate of drug-likeness (QED) is 0.752. The second-order valence-electron chi connectivity index (χ2n) is 3.81. The third-order valence-electron chi connectivity index (χ3n) is 2.30. The van der Waals surface area contributed by atoms with E-state index in [0.29, 0.717) is 5.56 Å². The zero-order valence-corrected chi connectivity index (χ0v) is 9.42. The minimum Gasteiger partial charge on any atom is -0.481 e. The highest BCUT2D eigenvalue weighted by Gasteiger charge is 2.23. The van der Waals surface area contributed by atoms with Gasteiger partial charge < -0.3 is 9.90 Å². The van der Waals surface area contributed by atoms with E-state index in [1.54, 1.807) is 12.1 Å². The van der Waals surface area contributed by atoms with E-state index in [-0.39, 0.29) is 24.4 Å². The molecule has 1 rings (SSSR count). The number of hydrogen-bond donors (Lipinski definition) is 1. The Morgan fingerprint density at radius 2 is 2.06 bits per heavy atom. The van der Waals surface area contributed by atoms with Crippen LogP contribution in [0.15, 0.2) is 24.5 Å². The van der Waals surface area contributed by atoms with Crippen molar-refractivity contribution >= 4 is 17.5 Å². The van der Waals surface area contributed by atoms with Crippen LogP contribution in [0.1, 0.15) is 30.1 Å². The summed E-state index contributed by atoms with van der Waals surface area (Å²) in [6, 6.07) is 3.18. The smallest absolute Gasteiger partial charge is 0.307 e. The molecule has 17 heavy (non-hydrogen) atoms. The molecular weight excluding hydrogens is 222 g/mol. The number of aromatic nitrogens is 1. The predicted molar refractivity (Wildman–Crippen MR) is 59.6 cm³/mol. The lowest BCUT2D eigenvalue weighted by atomic mass is 9.95. The lowest BCUT2D eigenvalue weighted by Crippen LogP contribution is -2.20. The Hall–Kier alpha value is -2.04. The molecule has 0 aliphatic rings. The molecule has 1 atom stereocenters. The first-order chi connectivity index (χ1) is 8.00. The Bertz CT molecular complexity index is 427. The van der Waals surface area contributed by atoms with Crippen LogP contribution in [0, 0.1) is 5.92 Å². The van der Waals surface area contributed by atoms with Crippen molar-refractivity contribution in [3.8, 4) is 0 Å². The third kappa shape index (κ3) is 4.14. The predicted octanol–water partition coefficient (Wildman–Crippen LogP) is 1.33. The van der Waals surface area contributed by atoms with Gasteiger partial charge in [-0.3, -0.25) is 14.6 Å². The van der Waals surface area contributed by atoms with Crippen molar-refractivity contribution < 1.29 is 19.5 Å². The zero-order valence-electron chi connectivity index (χ0n) is 9.42. The number of nitrogens with zero attached hydrogens (tertiary/aromatic N) is 1. The van der Waals surface area contributed by atoms with Gasteiger partial charge in [0.05, 0.1) is 5.92 Å². The molecule has 1 aromatic heterocycles. The summed E-state index contributed by atoms with van der Waals surface area (Å²) in [7, 11) is 0. The number of carboxylic acid groups (broad SMARTS) is 1. The number of aliphatic carboxylic acids is 1. The molecule has 0 radical (unpaired) electrons. The first-order valence-corrected chi connectivity index (χ1v) is 5.16. The molecule has 1 aromatic rings. The summed E-state index contributed by atoms with van der Waals surface area (Å²) >= 11 is 0. The van der Waals surface area contributed by atoms with Gasteiger partial charge in [-0.15, -0.1) is 0 Å². The first-order valence-electron chi connectivity index (χ1n) is 5.16. The van der Waals surface area contributed by atoms with Gasteiger partial charge in [0.1, 0.15) is 5.78 Å². The Balaban J connectivity index is 2.71. The summed E-state index contributed by atoms with van der Waals surface area (Å²) in [6.07, 6.45) is 2.61. The molecule has 1 heterocycles. The standard InChI is InChI=1S/C12H13NO4/c1-8(14)5-10(12(16)17)6-11(15)9-3-2-4-13-7-9/h2-4,7,10H,5-6H2,1H3,(H,16,17). The van der Waals surface area contributed by atoms with Gasteiger partial charge in [0, 0.05) is 30.8 Å². The molecule has 0 spiro atoms. The summed E-state index contributed by atoms with van der Waals surface area (Å²) in [5, 5.41) is 8.90. The number of carboxylic acids is 1. The van der Waals surface area contributed by atoms with E-state index in [2.05, 4.69) is 4.98 Å². The molecular formula is C12H13NO4. The Kier molecular flexibility index (Phi) is 4.51. The van der Waals surface area contributed by atoms with Gasteiger partial charge in [0.25, 0.3) is 0 Å². The van der Waals surface area contributed by atoms with Crippen LogP contribution in [0.4, 0.5) is 0 Å². The van der Waals surface area contributed by atoms with Crippen molar-refractivity contribution in [2.45, 2.75) is 19.8 Å². The third-order valence-corrected chi connectivity index (χ3v) is 2.30. The van der Waals surface area contributed by atoms with Crippen molar-refractivity contribution in [1.82, 2.24) is 4.98 Å². The van der Waals surface area contributed by atoms with E-state index in [0.717, 1.165) is 0 Å². The molecule has 0 aromatic carbocycles. The molecule has 0 saturated heterocycles. The van der Waals surface area contributed by atoms with Gasteiger partial charge in [-0.1, -0.05) is 0 Å². The molecule has 1 N–H and O–H groups in total. The van der Waals surface area contributed by atoms with Crippen LogP contribution in [0.5, 0.6) is 0 Å². The fraction of sp³-hybridized carbons (Fsp3) is 0.333. The van der Waals surface area contributed by atoms with Gasteiger partial charge in [-0.2, -0.15) is 0 Å². The number of rotatable bonds is 6. The van der Waals surface area contributed by atoms with Gasteiger partial charge in [0.2, 0.25) is 0 Å². The van der Waals surface area contributed by atoms with E-state index in [9.17, 15) is 14.4 Å². The molecule has 5 heteroatoms. The van der Waals surface area contributed by atoms with Crippen molar-refractivity contribution in [1.29, 1.82) is 0 Å². The fourth-order valence-electron chi connectivity index (χ4n) is 1.46. The zero-order chi connectivity index (χ0) is 12.8. The van der Waals surface area contributed by atoms with Crippen molar-refractivity contribution in [3.63, 3.8) is 0 Å².